The Hall–Kier alpha value is -3.00. The highest BCUT2D eigenvalue weighted by Crippen LogP contribution is 2.33. The molecule has 1 amide bonds. The van der Waals surface area contributed by atoms with Crippen molar-refractivity contribution in [2.75, 3.05) is 14.2 Å². The SMILES string of the molecule is COc1cc(C)c([C@H](C)NC(=O)c2ccccc2SCc2noc(C)n2)cc1OC. The lowest BCUT2D eigenvalue weighted by molar-refractivity contribution is 0.0937. The highest BCUT2D eigenvalue weighted by Gasteiger charge is 2.18. The van der Waals surface area contributed by atoms with Crippen molar-refractivity contribution in [1.29, 1.82) is 0 Å². The van der Waals surface area contributed by atoms with Gasteiger partial charge in [-0.2, -0.15) is 4.98 Å². The van der Waals surface area contributed by atoms with Gasteiger partial charge in [-0.3, -0.25) is 4.79 Å². The van der Waals surface area contributed by atoms with Gasteiger partial charge in [0.25, 0.3) is 5.91 Å². The Morgan fingerprint density at radius 1 is 1.17 bits per heavy atom. The number of hydrogen-bond donors (Lipinski definition) is 1. The predicted octanol–water partition coefficient (Wildman–Crippen LogP) is 4.49. The molecule has 3 aromatic rings. The summed E-state index contributed by atoms with van der Waals surface area (Å²) in [7, 11) is 3.20. The Morgan fingerprint density at radius 3 is 2.53 bits per heavy atom. The molecule has 0 saturated heterocycles. The van der Waals surface area contributed by atoms with Gasteiger partial charge in [0.1, 0.15) is 0 Å². The highest BCUT2D eigenvalue weighted by atomic mass is 32.2. The molecular weight excluding hydrogens is 402 g/mol. The van der Waals surface area contributed by atoms with Crippen LogP contribution in [0.3, 0.4) is 0 Å². The molecule has 1 atom stereocenters. The van der Waals surface area contributed by atoms with Crippen LogP contribution in [-0.2, 0) is 5.75 Å². The van der Waals surface area contributed by atoms with Crippen molar-refractivity contribution in [2.45, 2.75) is 37.5 Å². The molecule has 0 fully saturated rings. The Bertz CT molecular complexity index is 1030. The second kappa shape index (κ2) is 9.67. The van der Waals surface area contributed by atoms with E-state index in [1.165, 1.54) is 11.8 Å². The van der Waals surface area contributed by atoms with E-state index in [0.29, 0.717) is 34.5 Å². The number of nitrogens with zero attached hydrogens (tertiary/aromatic N) is 2. The van der Waals surface area contributed by atoms with Gasteiger partial charge in [-0.15, -0.1) is 11.8 Å². The summed E-state index contributed by atoms with van der Waals surface area (Å²) in [5.74, 6) is 2.79. The number of carbonyl (C=O) groups is 1. The smallest absolute Gasteiger partial charge is 0.252 e. The fourth-order valence-corrected chi connectivity index (χ4v) is 4.03. The molecule has 0 unspecified atom stereocenters. The van der Waals surface area contributed by atoms with Gasteiger partial charge in [0.05, 0.1) is 31.6 Å². The van der Waals surface area contributed by atoms with Crippen LogP contribution in [0, 0.1) is 13.8 Å². The number of aromatic nitrogens is 2. The van der Waals surface area contributed by atoms with E-state index < -0.39 is 0 Å². The molecule has 2 aromatic carbocycles. The monoisotopic (exact) mass is 427 g/mol. The summed E-state index contributed by atoms with van der Waals surface area (Å²) in [6, 6.07) is 11.1. The third-order valence-corrected chi connectivity index (χ3v) is 5.71. The molecule has 1 N–H and O–H groups in total. The predicted molar refractivity (Wildman–Crippen MR) is 115 cm³/mol. The molecule has 0 radical (unpaired) electrons. The zero-order valence-corrected chi connectivity index (χ0v) is 18.5. The molecular formula is C22H25N3O4S. The number of ether oxygens (including phenoxy) is 2. The molecule has 7 nitrogen and oxygen atoms in total. The minimum Gasteiger partial charge on any atom is -0.493 e. The molecule has 30 heavy (non-hydrogen) atoms. The van der Waals surface area contributed by atoms with E-state index >= 15 is 0 Å². The van der Waals surface area contributed by atoms with Gasteiger partial charge in [0, 0.05) is 11.8 Å². The van der Waals surface area contributed by atoms with Crippen molar-refractivity contribution in [3.63, 3.8) is 0 Å². The third-order valence-electron chi connectivity index (χ3n) is 4.64. The second-order valence-corrected chi connectivity index (χ2v) is 7.79. The summed E-state index contributed by atoms with van der Waals surface area (Å²) in [5, 5.41) is 6.99. The molecule has 0 aliphatic carbocycles. The van der Waals surface area contributed by atoms with Crippen molar-refractivity contribution in [3.05, 3.63) is 64.8 Å². The minimum atomic E-state index is -0.213. The van der Waals surface area contributed by atoms with Gasteiger partial charge in [0.2, 0.25) is 5.89 Å². The van der Waals surface area contributed by atoms with Crippen molar-refractivity contribution >= 4 is 17.7 Å². The first-order valence-corrected chi connectivity index (χ1v) is 10.5. The first-order valence-electron chi connectivity index (χ1n) is 9.47. The van der Waals surface area contributed by atoms with Crippen LogP contribution in [-0.4, -0.2) is 30.3 Å². The van der Waals surface area contributed by atoms with Gasteiger partial charge >= 0.3 is 0 Å². The third kappa shape index (κ3) is 4.94. The quantitative estimate of drug-likeness (QED) is 0.530. The average molecular weight is 428 g/mol. The van der Waals surface area contributed by atoms with E-state index in [1.807, 2.05) is 50.2 Å². The van der Waals surface area contributed by atoms with E-state index in [9.17, 15) is 4.79 Å². The van der Waals surface area contributed by atoms with Crippen molar-refractivity contribution in [2.24, 2.45) is 0 Å². The summed E-state index contributed by atoms with van der Waals surface area (Å²) in [6.45, 7) is 5.68. The van der Waals surface area contributed by atoms with Gasteiger partial charge in [0.15, 0.2) is 17.3 Å². The topological polar surface area (TPSA) is 86.5 Å². The molecule has 0 saturated carbocycles. The molecule has 1 aromatic heterocycles. The van der Waals surface area contributed by atoms with Crippen LogP contribution in [0.1, 0.15) is 46.2 Å². The van der Waals surface area contributed by atoms with E-state index in [4.69, 9.17) is 14.0 Å². The van der Waals surface area contributed by atoms with Crippen LogP contribution >= 0.6 is 11.8 Å². The Balaban J connectivity index is 1.76. The molecule has 0 aliphatic rings. The van der Waals surface area contributed by atoms with E-state index in [-0.39, 0.29) is 11.9 Å². The fourth-order valence-electron chi connectivity index (χ4n) is 3.14. The van der Waals surface area contributed by atoms with E-state index in [2.05, 4.69) is 15.5 Å². The number of nitrogens with one attached hydrogen (secondary N) is 1. The van der Waals surface area contributed by atoms with Crippen LogP contribution in [0.2, 0.25) is 0 Å². The largest absolute Gasteiger partial charge is 0.493 e. The van der Waals surface area contributed by atoms with E-state index in [0.717, 1.165) is 16.0 Å². The van der Waals surface area contributed by atoms with Crippen LogP contribution in [0.15, 0.2) is 45.8 Å². The molecule has 3 rings (SSSR count). The highest BCUT2D eigenvalue weighted by molar-refractivity contribution is 7.98. The summed E-state index contributed by atoms with van der Waals surface area (Å²) in [4.78, 5) is 18.1. The maximum Gasteiger partial charge on any atom is 0.252 e. The second-order valence-electron chi connectivity index (χ2n) is 6.77. The lowest BCUT2D eigenvalue weighted by Gasteiger charge is -2.20. The molecule has 0 bridgehead atoms. The first kappa shape index (κ1) is 21.7. The van der Waals surface area contributed by atoms with Crippen LogP contribution in [0.4, 0.5) is 0 Å². The van der Waals surface area contributed by atoms with Gasteiger partial charge in [-0.1, -0.05) is 17.3 Å². The van der Waals surface area contributed by atoms with Crippen LogP contribution < -0.4 is 14.8 Å². The number of aryl methyl sites for hydroxylation is 2. The summed E-state index contributed by atoms with van der Waals surface area (Å²) < 4.78 is 15.8. The average Bonchev–Trinajstić information content (AvgIpc) is 3.17. The zero-order chi connectivity index (χ0) is 21.7. The zero-order valence-electron chi connectivity index (χ0n) is 17.7. The van der Waals surface area contributed by atoms with Crippen molar-refractivity contribution in [3.8, 4) is 11.5 Å². The normalized spacial score (nSPS) is 11.8. The fraction of sp³-hybridized carbons (Fsp3) is 0.318. The molecule has 0 aliphatic heterocycles. The number of thioether (sulfide) groups is 1. The lowest BCUT2D eigenvalue weighted by atomic mass is 10.0. The number of methoxy groups -OCH3 is 2. The first-order chi connectivity index (χ1) is 14.4. The lowest BCUT2D eigenvalue weighted by Crippen LogP contribution is -2.27. The number of carbonyl (C=O) groups excluding carboxylic acids is 1. The van der Waals surface area contributed by atoms with Crippen LogP contribution in [0.25, 0.3) is 0 Å². The number of amides is 1. The molecule has 1 heterocycles. The Labute approximate surface area is 180 Å². The Morgan fingerprint density at radius 2 is 1.87 bits per heavy atom. The van der Waals surface area contributed by atoms with Gasteiger partial charge in [-0.05, 0) is 49.2 Å². The minimum absolute atomic E-state index is 0.149. The number of hydrogen-bond acceptors (Lipinski definition) is 7. The molecule has 8 heteroatoms. The number of benzene rings is 2. The summed E-state index contributed by atoms with van der Waals surface area (Å²) in [6.07, 6.45) is 0. The maximum absolute atomic E-state index is 13.0. The van der Waals surface area contributed by atoms with Crippen molar-refractivity contribution < 1.29 is 18.8 Å². The number of rotatable bonds is 8. The van der Waals surface area contributed by atoms with Crippen LogP contribution in [0.5, 0.6) is 11.5 Å². The Kier molecular flexibility index (Phi) is 6.99. The van der Waals surface area contributed by atoms with Gasteiger partial charge in [-0.25, -0.2) is 0 Å². The molecule has 158 valence electrons. The maximum atomic E-state index is 13.0. The van der Waals surface area contributed by atoms with Gasteiger partial charge < -0.3 is 19.3 Å². The summed E-state index contributed by atoms with van der Waals surface area (Å²) in [5.41, 5.74) is 2.58. The van der Waals surface area contributed by atoms with E-state index in [1.54, 1.807) is 21.1 Å². The standard InChI is InChI=1S/C22H25N3O4S/c1-13-10-18(27-4)19(28-5)11-17(13)14(2)23-22(26)16-8-6-7-9-20(16)30-12-21-24-15(3)29-25-21/h6-11,14H,12H2,1-5H3,(H,23,26)/t14-/m0/s1. The van der Waals surface area contributed by atoms with Crippen molar-refractivity contribution in [1.82, 2.24) is 15.5 Å². The summed E-state index contributed by atoms with van der Waals surface area (Å²) >= 11 is 1.50. The molecule has 0 spiro atoms.